The number of alkyl carbamates (subject to hydrolysis) is 1. The highest BCUT2D eigenvalue weighted by Crippen LogP contribution is 2.18. The summed E-state index contributed by atoms with van der Waals surface area (Å²) in [5, 5.41) is 2.78. The second-order valence-corrected chi connectivity index (χ2v) is 7.88. The lowest BCUT2D eigenvalue weighted by Crippen LogP contribution is -2.40. The average molecular weight is 288 g/mol. The lowest BCUT2D eigenvalue weighted by molar-refractivity contribution is 0.0146. The zero-order valence-corrected chi connectivity index (χ0v) is 14.1. The third-order valence-electron chi connectivity index (χ3n) is 2.65. The molecule has 0 rings (SSSR count). The Hall–Kier alpha value is -0.810. The van der Waals surface area contributed by atoms with Gasteiger partial charge in [-0.3, -0.25) is 0 Å². The van der Waals surface area contributed by atoms with Crippen LogP contribution in [0, 0.1) is 10.8 Å². The molecule has 0 aromatic carbocycles. The van der Waals surface area contributed by atoms with Crippen molar-refractivity contribution in [1.82, 2.24) is 5.32 Å². The first kappa shape index (κ1) is 19.2. The van der Waals surface area contributed by atoms with Crippen LogP contribution in [-0.2, 0) is 9.47 Å². The van der Waals surface area contributed by atoms with Crippen LogP contribution in [-0.4, -0.2) is 38.0 Å². The molecular weight excluding hydrogens is 256 g/mol. The topological polar surface area (TPSA) is 73.6 Å². The summed E-state index contributed by atoms with van der Waals surface area (Å²) in [6.45, 7) is 16.0. The molecule has 0 aliphatic carbocycles. The Morgan fingerprint density at radius 1 is 1.00 bits per heavy atom. The third kappa shape index (κ3) is 10.0. The summed E-state index contributed by atoms with van der Waals surface area (Å²) in [6.07, 6.45) is -0.395. The third-order valence-corrected chi connectivity index (χ3v) is 2.65. The van der Waals surface area contributed by atoms with Gasteiger partial charge in [-0.15, -0.1) is 0 Å². The van der Waals surface area contributed by atoms with Crippen molar-refractivity contribution in [2.45, 2.75) is 54.1 Å². The zero-order chi connectivity index (χ0) is 16.0. The van der Waals surface area contributed by atoms with E-state index in [-0.39, 0.29) is 10.8 Å². The van der Waals surface area contributed by atoms with Crippen LogP contribution in [0.25, 0.3) is 0 Å². The van der Waals surface area contributed by atoms with Crippen molar-refractivity contribution in [3.8, 4) is 0 Å². The molecule has 0 radical (unpaired) electrons. The normalized spacial score (nSPS) is 13.2. The highest BCUT2D eigenvalue weighted by molar-refractivity contribution is 5.67. The first-order valence-corrected chi connectivity index (χ1v) is 7.12. The predicted octanol–water partition coefficient (Wildman–Crippen LogP) is 2.54. The minimum atomic E-state index is -0.476. The Bertz CT molecular complexity index is 307. The number of hydrogen-bond acceptors (Lipinski definition) is 4. The number of nitrogens with two attached hydrogens (primary N) is 1. The van der Waals surface area contributed by atoms with Crippen LogP contribution in [0.15, 0.2) is 0 Å². The average Bonchev–Trinajstić information content (AvgIpc) is 2.24. The van der Waals surface area contributed by atoms with Gasteiger partial charge in [-0.2, -0.15) is 0 Å². The summed E-state index contributed by atoms with van der Waals surface area (Å²) in [7, 11) is 0. The van der Waals surface area contributed by atoms with Gasteiger partial charge in [0.15, 0.2) is 0 Å². The molecule has 5 nitrogen and oxygen atoms in total. The van der Waals surface area contributed by atoms with E-state index in [1.165, 1.54) is 0 Å². The molecule has 0 aliphatic rings. The van der Waals surface area contributed by atoms with Crippen molar-refractivity contribution in [1.29, 1.82) is 0 Å². The molecule has 0 saturated carbocycles. The summed E-state index contributed by atoms with van der Waals surface area (Å²) in [4.78, 5) is 11.6. The molecule has 0 saturated heterocycles. The van der Waals surface area contributed by atoms with E-state index in [1.807, 2.05) is 34.6 Å². The molecule has 1 amide bonds. The van der Waals surface area contributed by atoms with Gasteiger partial charge in [-0.25, -0.2) is 4.79 Å². The number of ether oxygens (including phenoxy) is 2. The first-order valence-electron chi connectivity index (χ1n) is 7.12. The number of carbonyl (C=O) groups excluding carboxylic acids is 1. The van der Waals surface area contributed by atoms with Crippen LogP contribution in [0.4, 0.5) is 4.79 Å². The molecule has 120 valence electrons. The van der Waals surface area contributed by atoms with Crippen molar-refractivity contribution in [2.75, 3.05) is 26.3 Å². The van der Waals surface area contributed by atoms with Crippen LogP contribution in [0.1, 0.15) is 48.5 Å². The Kier molecular flexibility index (Phi) is 6.98. The van der Waals surface area contributed by atoms with Gasteiger partial charge >= 0.3 is 6.09 Å². The van der Waals surface area contributed by atoms with Crippen molar-refractivity contribution in [2.24, 2.45) is 16.6 Å². The first-order chi connectivity index (χ1) is 8.87. The largest absolute Gasteiger partial charge is 0.444 e. The summed E-state index contributed by atoms with van der Waals surface area (Å²) in [5.41, 5.74) is 5.01. The summed E-state index contributed by atoms with van der Waals surface area (Å²) in [6, 6.07) is 0. The van der Waals surface area contributed by atoms with Gasteiger partial charge in [-0.05, 0) is 27.3 Å². The molecule has 0 atom stereocenters. The van der Waals surface area contributed by atoms with Gasteiger partial charge in [0.1, 0.15) is 5.60 Å². The molecule has 20 heavy (non-hydrogen) atoms. The van der Waals surface area contributed by atoms with E-state index in [1.54, 1.807) is 0 Å². The van der Waals surface area contributed by atoms with Crippen molar-refractivity contribution >= 4 is 6.09 Å². The van der Waals surface area contributed by atoms with Crippen LogP contribution in [0.3, 0.4) is 0 Å². The molecule has 5 heteroatoms. The summed E-state index contributed by atoms with van der Waals surface area (Å²) in [5.74, 6) is 0. The van der Waals surface area contributed by atoms with Gasteiger partial charge in [0.2, 0.25) is 0 Å². The fourth-order valence-corrected chi connectivity index (χ4v) is 1.34. The van der Waals surface area contributed by atoms with E-state index < -0.39 is 11.7 Å². The van der Waals surface area contributed by atoms with Crippen molar-refractivity contribution < 1.29 is 14.3 Å². The number of nitrogens with one attached hydrogen (secondary N) is 1. The standard InChI is InChI=1S/C15H32N2O3/c1-13(2,3)20-12(18)17-9-15(6,7)11-19-10-14(4,5)8-16/h8-11,16H2,1-7H3,(H,17,18). The van der Waals surface area contributed by atoms with Crippen molar-refractivity contribution in [3.05, 3.63) is 0 Å². The maximum absolute atomic E-state index is 11.6. The Labute approximate surface area is 123 Å². The minimum Gasteiger partial charge on any atom is -0.444 e. The summed E-state index contributed by atoms with van der Waals surface area (Å²) < 4.78 is 10.9. The smallest absolute Gasteiger partial charge is 0.407 e. The molecular formula is C15H32N2O3. The van der Waals surface area contributed by atoms with Gasteiger partial charge in [0.05, 0.1) is 13.2 Å². The van der Waals surface area contributed by atoms with E-state index in [2.05, 4.69) is 19.2 Å². The number of carbonyl (C=O) groups is 1. The number of rotatable bonds is 7. The van der Waals surface area contributed by atoms with Crippen LogP contribution < -0.4 is 11.1 Å². The molecule has 0 aliphatic heterocycles. The monoisotopic (exact) mass is 288 g/mol. The minimum absolute atomic E-state index is 0.0192. The van der Waals surface area contributed by atoms with Gasteiger partial charge in [-0.1, -0.05) is 27.7 Å². The van der Waals surface area contributed by atoms with Gasteiger partial charge in [0.25, 0.3) is 0 Å². The fraction of sp³-hybridized carbons (Fsp3) is 0.933. The predicted molar refractivity (Wildman–Crippen MR) is 81.7 cm³/mol. The van der Waals surface area contributed by atoms with E-state index in [0.29, 0.717) is 26.3 Å². The highest BCUT2D eigenvalue weighted by Gasteiger charge is 2.23. The fourth-order valence-electron chi connectivity index (χ4n) is 1.34. The van der Waals surface area contributed by atoms with E-state index >= 15 is 0 Å². The maximum atomic E-state index is 11.6. The van der Waals surface area contributed by atoms with Crippen LogP contribution in [0.5, 0.6) is 0 Å². The molecule has 0 spiro atoms. The van der Waals surface area contributed by atoms with E-state index in [9.17, 15) is 4.79 Å². The molecule has 0 heterocycles. The Morgan fingerprint density at radius 2 is 1.50 bits per heavy atom. The molecule has 0 unspecified atom stereocenters. The van der Waals surface area contributed by atoms with E-state index in [4.69, 9.17) is 15.2 Å². The number of hydrogen-bond donors (Lipinski definition) is 2. The SMILES string of the molecule is CC(C)(CN)COCC(C)(C)CNC(=O)OC(C)(C)C. The van der Waals surface area contributed by atoms with Crippen LogP contribution in [0.2, 0.25) is 0 Å². The highest BCUT2D eigenvalue weighted by atomic mass is 16.6. The van der Waals surface area contributed by atoms with Gasteiger partial charge in [0, 0.05) is 17.4 Å². The lowest BCUT2D eigenvalue weighted by Gasteiger charge is -2.29. The molecule has 0 fully saturated rings. The maximum Gasteiger partial charge on any atom is 0.407 e. The van der Waals surface area contributed by atoms with Gasteiger partial charge < -0.3 is 20.5 Å². The molecule has 3 N–H and O–H groups in total. The molecule has 0 bridgehead atoms. The van der Waals surface area contributed by atoms with E-state index in [0.717, 1.165) is 0 Å². The quantitative estimate of drug-likeness (QED) is 0.755. The van der Waals surface area contributed by atoms with Crippen molar-refractivity contribution in [3.63, 3.8) is 0 Å². The molecule has 0 aromatic heterocycles. The Balaban J connectivity index is 4.04. The summed E-state index contributed by atoms with van der Waals surface area (Å²) >= 11 is 0. The Morgan fingerprint density at radius 3 is 1.95 bits per heavy atom. The lowest BCUT2D eigenvalue weighted by atomic mass is 9.93. The second kappa shape index (κ2) is 7.27. The zero-order valence-electron chi connectivity index (χ0n) is 14.1. The second-order valence-electron chi connectivity index (χ2n) is 7.88. The number of amides is 1. The van der Waals surface area contributed by atoms with Crippen LogP contribution >= 0.6 is 0 Å². The molecule has 0 aromatic rings.